The van der Waals surface area contributed by atoms with Crippen LogP contribution in [0.15, 0.2) is 75.8 Å². The number of aryl methyl sites for hydroxylation is 1. The predicted molar refractivity (Wildman–Crippen MR) is 149 cm³/mol. The zero-order valence-electron chi connectivity index (χ0n) is 21.7. The van der Waals surface area contributed by atoms with Gasteiger partial charge in [-0.1, -0.05) is 72.3 Å². The summed E-state index contributed by atoms with van der Waals surface area (Å²) in [5, 5.41) is 25.2. The van der Waals surface area contributed by atoms with Crippen LogP contribution in [0.1, 0.15) is 29.8 Å². The molecule has 0 saturated carbocycles. The Morgan fingerprint density at radius 1 is 1.00 bits per heavy atom. The number of fused-ring (bicyclic) bond motifs is 1. The van der Waals surface area contributed by atoms with E-state index in [9.17, 15) is 22.9 Å². The molecule has 0 atom stereocenters. The Morgan fingerprint density at radius 2 is 1.70 bits per heavy atom. The largest absolute Gasteiger partial charge is 1.00 e. The molecular formula is C27H22Cl2N3NaO6S. The van der Waals surface area contributed by atoms with Crippen molar-refractivity contribution in [2.45, 2.75) is 25.2 Å². The normalized spacial score (nSPS) is 11.4. The monoisotopic (exact) mass is 609 g/mol. The van der Waals surface area contributed by atoms with Gasteiger partial charge in [0.25, 0.3) is 16.0 Å². The molecule has 0 spiro atoms. The van der Waals surface area contributed by atoms with Crippen LogP contribution in [-0.2, 0) is 16.5 Å². The number of hydrogen-bond acceptors (Lipinski definition) is 7. The maximum Gasteiger partial charge on any atom is 1.00 e. The first-order valence-corrected chi connectivity index (χ1v) is 13.9. The minimum Gasteiger partial charge on any atom is -0.870 e. The summed E-state index contributed by atoms with van der Waals surface area (Å²) >= 11 is 12.6. The molecule has 0 aliphatic rings. The van der Waals surface area contributed by atoms with Crippen molar-refractivity contribution >= 4 is 67.1 Å². The molecule has 0 aliphatic heterocycles. The summed E-state index contributed by atoms with van der Waals surface area (Å²) in [6.45, 7) is 3.96. The summed E-state index contributed by atoms with van der Waals surface area (Å²) in [5.41, 5.74) is 0.402. The van der Waals surface area contributed by atoms with Gasteiger partial charge in [0, 0.05) is 10.9 Å². The summed E-state index contributed by atoms with van der Waals surface area (Å²) in [6, 6.07) is 15.7. The first-order valence-electron chi connectivity index (χ1n) is 11.7. The molecule has 0 heterocycles. The molecule has 0 fully saturated rings. The van der Waals surface area contributed by atoms with E-state index in [0.717, 1.165) is 0 Å². The van der Waals surface area contributed by atoms with Crippen LogP contribution in [0.3, 0.4) is 0 Å². The zero-order valence-corrected chi connectivity index (χ0v) is 26.1. The predicted octanol–water partition coefficient (Wildman–Crippen LogP) is 4.10. The molecule has 1 amide bonds. The third-order valence-corrected chi connectivity index (χ3v) is 7.59. The second-order valence-corrected chi connectivity index (χ2v) is 10.4. The van der Waals surface area contributed by atoms with E-state index in [1.54, 1.807) is 56.3 Å². The van der Waals surface area contributed by atoms with Crippen molar-refractivity contribution in [1.82, 2.24) is 0 Å². The molecule has 0 unspecified atom stereocenters. The van der Waals surface area contributed by atoms with Crippen molar-refractivity contribution in [2.75, 3.05) is 11.9 Å². The molecule has 0 radical (unpaired) electrons. The van der Waals surface area contributed by atoms with E-state index in [0.29, 0.717) is 35.1 Å². The number of anilines is 1. The third kappa shape index (κ3) is 6.60. The fourth-order valence-electron chi connectivity index (χ4n) is 3.92. The Bertz CT molecular complexity index is 1730. The number of hydrogen-bond donors (Lipinski definition) is 2. The maximum absolute atomic E-state index is 13.5. The summed E-state index contributed by atoms with van der Waals surface area (Å²) < 4.78 is 38.5. The molecule has 0 aromatic heterocycles. The number of amides is 1. The van der Waals surface area contributed by atoms with E-state index in [1.165, 1.54) is 18.2 Å². The second-order valence-electron chi connectivity index (χ2n) is 8.24. The average molecular weight is 610 g/mol. The maximum atomic E-state index is 13.5. The number of benzene rings is 4. The van der Waals surface area contributed by atoms with Crippen molar-refractivity contribution in [3.05, 3.63) is 81.8 Å². The van der Waals surface area contributed by atoms with Gasteiger partial charge in [-0.3, -0.25) is 9.35 Å². The minimum absolute atomic E-state index is 0. The SMILES string of the molecule is CCOc1cccc(NC(=O)c2cc3ccccc3c(N=Nc3c(CC)ccc(S(=O)(=O)O)c3Cl)c2[O-])c1Cl.[Na+]. The smallest absolute Gasteiger partial charge is 0.870 e. The molecule has 9 nitrogen and oxygen atoms in total. The Hall–Kier alpha value is -2.70. The minimum atomic E-state index is -4.63. The van der Waals surface area contributed by atoms with Gasteiger partial charge in [-0.15, -0.1) is 5.11 Å². The molecule has 4 aromatic carbocycles. The van der Waals surface area contributed by atoms with Crippen molar-refractivity contribution in [1.29, 1.82) is 0 Å². The first-order chi connectivity index (χ1) is 18.6. The average Bonchev–Trinajstić information content (AvgIpc) is 2.90. The van der Waals surface area contributed by atoms with Crippen LogP contribution in [-0.4, -0.2) is 25.5 Å². The summed E-state index contributed by atoms with van der Waals surface area (Å²) in [5.74, 6) is -1.06. The fourth-order valence-corrected chi connectivity index (χ4v) is 5.23. The van der Waals surface area contributed by atoms with Gasteiger partial charge in [0.15, 0.2) is 0 Å². The number of nitrogens with one attached hydrogen (secondary N) is 1. The number of nitrogens with zero attached hydrogens (tertiary/aromatic N) is 2. The number of halogens is 2. The van der Waals surface area contributed by atoms with Gasteiger partial charge in [0.1, 0.15) is 21.4 Å². The fraction of sp³-hybridized carbons (Fsp3) is 0.148. The number of rotatable bonds is 8. The van der Waals surface area contributed by atoms with Crippen LogP contribution in [0, 0.1) is 0 Å². The molecule has 0 aliphatic carbocycles. The molecule has 0 bridgehead atoms. The van der Waals surface area contributed by atoms with Gasteiger partial charge in [0.05, 0.1) is 23.0 Å². The molecule has 40 heavy (non-hydrogen) atoms. The molecule has 13 heteroatoms. The Kier molecular flexibility index (Phi) is 10.6. The van der Waals surface area contributed by atoms with E-state index in [4.69, 9.17) is 27.9 Å². The summed E-state index contributed by atoms with van der Waals surface area (Å²) in [7, 11) is -4.63. The molecule has 4 rings (SSSR count). The first kappa shape index (κ1) is 31.8. The summed E-state index contributed by atoms with van der Waals surface area (Å²) in [6.07, 6.45) is 0.412. The summed E-state index contributed by atoms with van der Waals surface area (Å²) in [4.78, 5) is 12.7. The van der Waals surface area contributed by atoms with Gasteiger partial charge >= 0.3 is 29.6 Å². The van der Waals surface area contributed by atoms with Crippen molar-refractivity contribution in [2.24, 2.45) is 10.2 Å². The van der Waals surface area contributed by atoms with E-state index >= 15 is 0 Å². The number of carbonyl (C=O) groups excluding carboxylic acids is 1. The van der Waals surface area contributed by atoms with Gasteiger partial charge < -0.3 is 15.2 Å². The molecule has 4 aromatic rings. The van der Waals surface area contributed by atoms with Crippen molar-refractivity contribution < 1.29 is 57.2 Å². The van der Waals surface area contributed by atoms with Crippen LogP contribution in [0.25, 0.3) is 10.8 Å². The standard InChI is InChI=1S/C27H23Cl2N3O6S.Na/c1-3-15-12-13-21(39(35,36)37)23(29)24(15)31-32-25-17-9-6-5-8-16(17)14-18(26(25)33)27(34)30-19-10-7-11-20(22(19)28)38-4-2;/h5-14,33H,3-4H2,1-2H3,(H,30,34)(H,35,36,37);/q;+1/p-1. The molecular weight excluding hydrogens is 588 g/mol. The number of ether oxygens (including phenoxy) is 1. The van der Waals surface area contributed by atoms with Crippen LogP contribution < -0.4 is 44.7 Å². The molecule has 0 saturated heterocycles. The topological polar surface area (TPSA) is 140 Å². The van der Waals surface area contributed by atoms with Gasteiger partial charge in [-0.05, 0) is 48.6 Å². The van der Waals surface area contributed by atoms with E-state index in [1.807, 2.05) is 0 Å². The van der Waals surface area contributed by atoms with Crippen LogP contribution in [0.4, 0.5) is 17.1 Å². The second kappa shape index (κ2) is 13.3. The van der Waals surface area contributed by atoms with Crippen LogP contribution >= 0.6 is 23.2 Å². The Balaban J connectivity index is 0.00000441. The van der Waals surface area contributed by atoms with Gasteiger partial charge in [-0.2, -0.15) is 13.5 Å². The van der Waals surface area contributed by atoms with Crippen molar-refractivity contribution in [3.63, 3.8) is 0 Å². The van der Waals surface area contributed by atoms with E-state index < -0.39 is 26.7 Å². The van der Waals surface area contributed by atoms with Gasteiger partial charge in [-0.25, -0.2) is 0 Å². The van der Waals surface area contributed by atoms with E-state index in [-0.39, 0.29) is 62.2 Å². The molecule has 202 valence electrons. The number of azo groups is 1. The number of carbonyl (C=O) groups is 1. The van der Waals surface area contributed by atoms with Crippen molar-refractivity contribution in [3.8, 4) is 11.5 Å². The quantitative estimate of drug-likeness (QED) is 0.175. The Labute approximate surface area is 263 Å². The van der Waals surface area contributed by atoms with Crippen LogP contribution in [0.2, 0.25) is 10.0 Å². The van der Waals surface area contributed by atoms with Crippen LogP contribution in [0.5, 0.6) is 11.5 Å². The van der Waals surface area contributed by atoms with Gasteiger partial charge in [0.2, 0.25) is 0 Å². The zero-order chi connectivity index (χ0) is 28.3. The van der Waals surface area contributed by atoms with E-state index in [2.05, 4.69) is 15.5 Å². The third-order valence-electron chi connectivity index (χ3n) is 5.80. The molecule has 2 N–H and O–H groups in total. The Morgan fingerprint density at radius 3 is 2.38 bits per heavy atom.